The number of carbonyl (C=O) groups is 1. The molecule has 0 spiro atoms. The Bertz CT molecular complexity index is 962. The van der Waals surface area contributed by atoms with Crippen molar-refractivity contribution in [1.29, 1.82) is 5.26 Å². The average Bonchev–Trinajstić information content (AvgIpc) is 2.59. The van der Waals surface area contributed by atoms with Gasteiger partial charge < -0.3 is 5.32 Å². The molecule has 136 valence electrons. The van der Waals surface area contributed by atoms with Gasteiger partial charge >= 0.3 is 0 Å². The summed E-state index contributed by atoms with van der Waals surface area (Å²) in [6.45, 7) is 4.12. The zero-order chi connectivity index (χ0) is 19.3. The number of nitriles is 1. The fourth-order valence-electron chi connectivity index (χ4n) is 2.47. The maximum atomic E-state index is 12.3. The molecule has 26 heavy (non-hydrogen) atoms. The minimum atomic E-state index is -3.55. The number of aryl methyl sites for hydroxylation is 2. The Morgan fingerprint density at radius 2 is 1.88 bits per heavy atom. The number of amides is 1. The summed E-state index contributed by atoms with van der Waals surface area (Å²) >= 11 is 0. The lowest BCUT2D eigenvalue weighted by Crippen LogP contribution is -2.38. The highest BCUT2D eigenvalue weighted by Gasteiger charge is 2.18. The second-order valence-electron chi connectivity index (χ2n) is 6.05. The fourth-order valence-corrected chi connectivity index (χ4v) is 3.39. The standard InChI is InChI=1S/C19H21N3O3S/c1-14-7-8-17(11-15(14)2)19(23)21-9-10-22(26(3,24)25)18-6-4-5-16(12-18)13-20/h4-8,11-12H,9-10H2,1-3H3,(H,21,23). The second-order valence-corrected chi connectivity index (χ2v) is 7.96. The number of hydrogen-bond donors (Lipinski definition) is 1. The number of sulfonamides is 1. The van der Waals surface area contributed by atoms with Crippen LogP contribution >= 0.6 is 0 Å². The molecular formula is C19H21N3O3S. The van der Waals surface area contributed by atoms with E-state index in [9.17, 15) is 13.2 Å². The van der Waals surface area contributed by atoms with Gasteiger partial charge in [-0.1, -0.05) is 12.1 Å². The van der Waals surface area contributed by atoms with E-state index in [2.05, 4.69) is 5.32 Å². The molecule has 0 radical (unpaired) electrons. The molecule has 2 rings (SSSR count). The third-order valence-electron chi connectivity index (χ3n) is 4.03. The normalized spacial score (nSPS) is 10.8. The molecule has 1 N–H and O–H groups in total. The topological polar surface area (TPSA) is 90.3 Å². The third-order valence-corrected chi connectivity index (χ3v) is 5.23. The molecule has 0 atom stereocenters. The predicted molar refractivity (Wildman–Crippen MR) is 102 cm³/mol. The van der Waals surface area contributed by atoms with Crippen LogP contribution in [0.4, 0.5) is 5.69 Å². The zero-order valence-electron chi connectivity index (χ0n) is 15.0. The number of anilines is 1. The van der Waals surface area contributed by atoms with Crippen LogP contribution in [0.2, 0.25) is 0 Å². The van der Waals surface area contributed by atoms with Gasteiger partial charge in [-0.05, 0) is 55.3 Å². The van der Waals surface area contributed by atoms with E-state index in [1.807, 2.05) is 26.0 Å². The molecule has 0 saturated heterocycles. The Morgan fingerprint density at radius 3 is 2.50 bits per heavy atom. The Balaban J connectivity index is 2.09. The summed E-state index contributed by atoms with van der Waals surface area (Å²) in [7, 11) is -3.55. The van der Waals surface area contributed by atoms with Gasteiger partial charge in [-0.15, -0.1) is 0 Å². The summed E-state index contributed by atoms with van der Waals surface area (Å²) in [5, 5.41) is 11.7. The first-order valence-corrected chi connectivity index (χ1v) is 9.90. The molecular weight excluding hydrogens is 350 g/mol. The molecule has 0 aromatic heterocycles. The van der Waals surface area contributed by atoms with Crippen molar-refractivity contribution in [3.05, 3.63) is 64.7 Å². The molecule has 2 aromatic rings. The summed E-state index contributed by atoms with van der Waals surface area (Å²) in [4.78, 5) is 12.3. The van der Waals surface area contributed by atoms with Crippen molar-refractivity contribution in [3.63, 3.8) is 0 Å². The van der Waals surface area contributed by atoms with E-state index >= 15 is 0 Å². The van der Waals surface area contributed by atoms with Crippen LogP contribution in [0.3, 0.4) is 0 Å². The molecule has 0 saturated carbocycles. The monoisotopic (exact) mass is 371 g/mol. The first-order valence-electron chi connectivity index (χ1n) is 8.05. The number of nitrogens with zero attached hydrogens (tertiary/aromatic N) is 2. The van der Waals surface area contributed by atoms with Crippen LogP contribution in [-0.2, 0) is 10.0 Å². The van der Waals surface area contributed by atoms with Gasteiger partial charge in [0.1, 0.15) is 0 Å². The van der Waals surface area contributed by atoms with Crippen molar-refractivity contribution in [2.24, 2.45) is 0 Å². The summed E-state index contributed by atoms with van der Waals surface area (Å²) in [6, 6.07) is 13.8. The van der Waals surface area contributed by atoms with E-state index in [4.69, 9.17) is 5.26 Å². The Kier molecular flexibility index (Phi) is 6.01. The maximum absolute atomic E-state index is 12.3. The minimum absolute atomic E-state index is 0.0737. The highest BCUT2D eigenvalue weighted by molar-refractivity contribution is 7.92. The minimum Gasteiger partial charge on any atom is -0.350 e. The summed E-state index contributed by atoms with van der Waals surface area (Å²) in [5.41, 5.74) is 3.42. The Morgan fingerprint density at radius 1 is 1.15 bits per heavy atom. The highest BCUT2D eigenvalue weighted by Crippen LogP contribution is 2.18. The van der Waals surface area contributed by atoms with E-state index in [0.717, 1.165) is 17.4 Å². The molecule has 0 fully saturated rings. The van der Waals surface area contributed by atoms with Crippen LogP contribution < -0.4 is 9.62 Å². The van der Waals surface area contributed by atoms with Crippen molar-refractivity contribution in [2.75, 3.05) is 23.7 Å². The lowest BCUT2D eigenvalue weighted by atomic mass is 10.1. The van der Waals surface area contributed by atoms with Gasteiger partial charge in [-0.3, -0.25) is 9.10 Å². The number of carbonyl (C=O) groups excluding carboxylic acids is 1. The highest BCUT2D eigenvalue weighted by atomic mass is 32.2. The Hall–Kier alpha value is -2.85. The average molecular weight is 371 g/mol. The van der Waals surface area contributed by atoms with Gasteiger partial charge in [0.05, 0.1) is 30.1 Å². The van der Waals surface area contributed by atoms with Crippen molar-refractivity contribution < 1.29 is 13.2 Å². The summed E-state index contributed by atoms with van der Waals surface area (Å²) in [5.74, 6) is -0.257. The molecule has 2 aromatic carbocycles. The fraction of sp³-hybridized carbons (Fsp3) is 0.263. The predicted octanol–water partition coefficient (Wildman–Crippen LogP) is 2.37. The molecule has 6 nitrogen and oxygen atoms in total. The zero-order valence-corrected chi connectivity index (χ0v) is 15.8. The molecule has 0 bridgehead atoms. The van der Waals surface area contributed by atoms with E-state index in [1.54, 1.807) is 30.3 Å². The summed E-state index contributed by atoms with van der Waals surface area (Å²) < 4.78 is 25.4. The first kappa shape index (κ1) is 19.5. The van der Waals surface area contributed by atoms with E-state index in [0.29, 0.717) is 16.8 Å². The van der Waals surface area contributed by atoms with Gasteiger partial charge in [0.2, 0.25) is 10.0 Å². The van der Waals surface area contributed by atoms with Gasteiger partial charge in [0.25, 0.3) is 5.91 Å². The van der Waals surface area contributed by atoms with Crippen LogP contribution in [0.25, 0.3) is 0 Å². The van der Waals surface area contributed by atoms with E-state index < -0.39 is 10.0 Å². The van der Waals surface area contributed by atoms with E-state index in [1.165, 1.54) is 10.4 Å². The lowest BCUT2D eigenvalue weighted by Gasteiger charge is -2.22. The van der Waals surface area contributed by atoms with Gasteiger partial charge in [0, 0.05) is 12.1 Å². The van der Waals surface area contributed by atoms with Crippen LogP contribution in [0.15, 0.2) is 42.5 Å². The summed E-state index contributed by atoms with van der Waals surface area (Å²) in [6.07, 6.45) is 1.09. The second kappa shape index (κ2) is 8.02. The quantitative estimate of drug-likeness (QED) is 0.844. The number of rotatable bonds is 6. The van der Waals surface area contributed by atoms with Crippen LogP contribution in [0.5, 0.6) is 0 Å². The smallest absolute Gasteiger partial charge is 0.251 e. The molecule has 0 aliphatic carbocycles. The van der Waals surface area contributed by atoms with Crippen LogP contribution in [0.1, 0.15) is 27.0 Å². The van der Waals surface area contributed by atoms with Crippen molar-refractivity contribution >= 4 is 21.6 Å². The number of hydrogen-bond acceptors (Lipinski definition) is 4. The van der Waals surface area contributed by atoms with Crippen molar-refractivity contribution in [1.82, 2.24) is 5.32 Å². The lowest BCUT2D eigenvalue weighted by molar-refractivity contribution is 0.0954. The SMILES string of the molecule is Cc1ccc(C(=O)NCCN(c2cccc(C#N)c2)S(C)(=O)=O)cc1C. The van der Waals surface area contributed by atoms with Crippen LogP contribution in [0, 0.1) is 25.2 Å². The number of benzene rings is 2. The molecule has 0 aliphatic heterocycles. The first-order chi connectivity index (χ1) is 12.2. The molecule has 0 aliphatic rings. The molecule has 0 unspecified atom stereocenters. The van der Waals surface area contributed by atoms with Crippen LogP contribution in [-0.4, -0.2) is 33.7 Å². The van der Waals surface area contributed by atoms with Gasteiger partial charge in [-0.2, -0.15) is 5.26 Å². The van der Waals surface area contributed by atoms with Gasteiger partial charge in [0.15, 0.2) is 0 Å². The molecule has 7 heteroatoms. The maximum Gasteiger partial charge on any atom is 0.251 e. The molecule has 1 amide bonds. The van der Waals surface area contributed by atoms with Gasteiger partial charge in [-0.25, -0.2) is 8.42 Å². The Labute approximate surface area is 154 Å². The molecule has 0 heterocycles. The van der Waals surface area contributed by atoms with Crippen molar-refractivity contribution in [3.8, 4) is 6.07 Å². The number of nitrogens with one attached hydrogen (secondary N) is 1. The van der Waals surface area contributed by atoms with E-state index in [-0.39, 0.29) is 19.0 Å². The van der Waals surface area contributed by atoms with Crippen molar-refractivity contribution in [2.45, 2.75) is 13.8 Å². The third kappa shape index (κ3) is 4.83. The largest absolute Gasteiger partial charge is 0.350 e.